The van der Waals surface area contributed by atoms with Crippen LogP contribution in [0.15, 0.2) is 28.7 Å². The van der Waals surface area contributed by atoms with Crippen molar-refractivity contribution in [2.45, 2.75) is 18.9 Å². The number of halogens is 1. The van der Waals surface area contributed by atoms with E-state index in [-0.39, 0.29) is 12.6 Å². The van der Waals surface area contributed by atoms with E-state index in [0.29, 0.717) is 12.1 Å². The van der Waals surface area contributed by atoms with Crippen molar-refractivity contribution in [1.82, 2.24) is 4.90 Å². The number of carbonyl (C=O) groups is 2. The number of urea groups is 1. The van der Waals surface area contributed by atoms with Crippen molar-refractivity contribution in [2.24, 2.45) is 5.73 Å². The molecule has 1 atom stereocenters. The fraction of sp³-hybridized carbons (Fsp3) is 0.385. The second-order valence-electron chi connectivity index (χ2n) is 4.44. The number of hydrogen-bond donors (Lipinski definition) is 1. The van der Waals surface area contributed by atoms with Crippen LogP contribution in [0.2, 0.25) is 0 Å². The number of nitrogens with zero attached hydrogens (tertiary/aromatic N) is 1. The van der Waals surface area contributed by atoms with Crippen LogP contribution in [-0.2, 0) is 4.74 Å². The number of likely N-dealkylation sites (tertiary alicyclic amines) is 1. The molecule has 0 aromatic heterocycles. The first-order chi connectivity index (χ1) is 9.08. The van der Waals surface area contributed by atoms with Crippen LogP contribution in [0.25, 0.3) is 0 Å². The predicted octanol–water partition coefficient (Wildman–Crippen LogP) is 2.15. The molecule has 1 aromatic carbocycles. The topological polar surface area (TPSA) is 72.6 Å². The maximum atomic E-state index is 11.9. The molecular formula is C13H15BrN2O3. The summed E-state index contributed by atoms with van der Waals surface area (Å²) in [6.07, 6.45) is 1.71. The summed E-state index contributed by atoms with van der Waals surface area (Å²) in [6.45, 7) is 0.822. The SMILES string of the molecule is NC(=O)N1CCC[C@H]1COC(=O)c1cccc(Br)c1. The summed E-state index contributed by atoms with van der Waals surface area (Å²) >= 11 is 3.30. The smallest absolute Gasteiger partial charge is 0.338 e. The minimum Gasteiger partial charge on any atom is -0.460 e. The normalized spacial score (nSPS) is 18.4. The number of amides is 2. The molecule has 102 valence electrons. The number of rotatable bonds is 3. The van der Waals surface area contributed by atoms with Gasteiger partial charge in [-0.3, -0.25) is 0 Å². The van der Waals surface area contributed by atoms with Gasteiger partial charge >= 0.3 is 12.0 Å². The molecule has 5 nitrogen and oxygen atoms in total. The second-order valence-corrected chi connectivity index (χ2v) is 5.35. The molecule has 19 heavy (non-hydrogen) atoms. The molecule has 0 aliphatic carbocycles. The lowest BCUT2D eigenvalue weighted by atomic mass is 10.2. The minimum atomic E-state index is -0.457. The zero-order chi connectivity index (χ0) is 13.8. The van der Waals surface area contributed by atoms with Crippen LogP contribution in [0.3, 0.4) is 0 Å². The van der Waals surface area contributed by atoms with E-state index >= 15 is 0 Å². The van der Waals surface area contributed by atoms with Crippen molar-refractivity contribution in [3.8, 4) is 0 Å². The van der Waals surface area contributed by atoms with Gasteiger partial charge in [0.25, 0.3) is 0 Å². The van der Waals surface area contributed by atoms with E-state index in [0.717, 1.165) is 17.3 Å². The summed E-state index contributed by atoms with van der Waals surface area (Å²) in [7, 11) is 0. The van der Waals surface area contributed by atoms with Gasteiger partial charge in [-0.15, -0.1) is 0 Å². The van der Waals surface area contributed by atoms with E-state index in [1.165, 1.54) is 0 Å². The van der Waals surface area contributed by atoms with E-state index in [9.17, 15) is 9.59 Å². The Morgan fingerprint density at radius 3 is 2.95 bits per heavy atom. The molecule has 0 saturated carbocycles. The monoisotopic (exact) mass is 326 g/mol. The van der Waals surface area contributed by atoms with Gasteiger partial charge in [0, 0.05) is 11.0 Å². The van der Waals surface area contributed by atoms with Crippen molar-refractivity contribution in [1.29, 1.82) is 0 Å². The summed E-state index contributed by atoms with van der Waals surface area (Å²) in [5.74, 6) is -0.391. The lowest BCUT2D eigenvalue weighted by Gasteiger charge is -2.22. The van der Waals surface area contributed by atoms with Crippen molar-refractivity contribution in [3.05, 3.63) is 34.3 Å². The highest BCUT2D eigenvalue weighted by molar-refractivity contribution is 9.10. The van der Waals surface area contributed by atoms with Gasteiger partial charge in [0.2, 0.25) is 0 Å². The number of esters is 1. The maximum absolute atomic E-state index is 11.9. The Balaban J connectivity index is 1.92. The van der Waals surface area contributed by atoms with Crippen LogP contribution < -0.4 is 5.73 Å². The lowest BCUT2D eigenvalue weighted by molar-refractivity contribution is 0.0422. The average molecular weight is 327 g/mol. The first-order valence-electron chi connectivity index (χ1n) is 6.06. The number of ether oxygens (including phenoxy) is 1. The van der Waals surface area contributed by atoms with E-state index in [1.807, 2.05) is 6.07 Å². The van der Waals surface area contributed by atoms with E-state index in [2.05, 4.69) is 15.9 Å². The molecule has 1 saturated heterocycles. The molecule has 1 aliphatic heterocycles. The third-order valence-electron chi connectivity index (χ3n) is 3.13. The molecule has 0 bridgehead atoms. The van der Waals surface area contributed by atoms with Crippen LogP contribution in [0.5, 0.6) is 0 Å². The van der Waals surface area contributed by atoms with Gasteiger partial charge in [-0.25, -0.2) is 9.59 Å². The van der Waals surface area contributed by atoms with Gasteiger partial charge in [-0.05, 0) is 31.0 Å². The van der Waals surface area contributed by atoms with Crippen LogP contribution in [0.1, 0.15) is 23.2 Å². The van der Waals surface area contributed by atoms with Gasteiger partial charge in [0.15, 0.2) is 0 Å². The number of nitrogens with two attached hydrogens (primary N) is 1. The van der Waals surface area contributed by atoms with E-state index in [4.69, 9.17) is 10.5 Å². The Bertz CT molecular complexity index is 493. The largest absolute Gasteiger partial charge is 0.460 e. The highest BCUT2D eigenvalue weighted by atomic mass is 79.9. The third kappa shape index (κ3) is 3.47. The number of hydrogen-bond acceptors (Lipinski definition) is 3. The highest BCUT2D eigenvalue weighted by Gasteiger charge is 2.28. The molecule has 2 rings (SSSR count). The lowest BCUT2D eigenvalue weighted by Crippen LogP contribution is -2.41. The third-order valence-corrected chi connectivity index (χ3v) is 3.62. The Hall–Kier alpha value is -1.56. The van der Waals surface area contributed by atoms with Crippen molar-refractivity contribution in [3.63, 3.8) is 0 Å². The van der Waals surface area contributed by atoms with Crippen LogP contribution in [0, 0.1) is 0 Å². The maximum Gasteiger partial charge on any atom is 0.338 e. The van der Waals surface area contributed by atoms with Crippen molar-refractivity contribution >= 4 is 27.9 Å². The Kier molecular flexibility index (Phi) is 4.42. The fourth-order valence-electron chi connectivity index (χ4n) is 2.17. The van der Waals surface area contributed by atoms with Crippen LogP contribution in [-0.4, -0.2) is 36.1 Å². The molecule has 1 fully saturated rings. The summed E-state index contributed by atoms with van der Waals surface area (Å²) in [5.41, 5.74) is 5.75. The fourth-order valence-corrected chi connectivity index (χ4v) is 2.57. The van der Waals surface area contributed by atoms with Gasteiger partial charge < -0.3 is 15.4 Å². The zero-order valence-electron chi connectivity index (χ0n) is 10.3. The Morgan fingerprint density at radius 1 is 1.47 bits per heavy atom. The first kappa shape index (κ1) is 13.9. The first-order valence-corrected chi connectivity index (χ1v) is 6.86. The van der Waals surface area contributed by atoms with Gasteiger partial charge in [-0.2, -0.15) is 0 Å². The number of carbonyl (C=O) groups excluding carboxylic acids is 2. The standard InChI is InChI=1S/C13H15BrN2O3/c14-10-4-1-3-9(7-10)12(17)19-8-11-5-2-6-16(11)13(15)18/h1,3-4,7,11H,2,5-6,8H2,(H2,15,18)/t11-/m0/s1. The molecule has 2 amide bonds. The Morgan fingerprint density at radius 2 is 2.26 bits per heavy atom. The second kappa shape index (κ2) is 6.06. The van der Waals surface area contributed by atoms with E-state index < -0.39 is 12.0 Å². The minimum absolute atomic E-state index is 0.103. The van der Waals surface area contributed by atoms with Crippen LogP contribution >= 0.6 is 15.9 Å². The van der Waals surface area contributed by atoms with Gasteiger partial charge in [0.1, 0.15) is 6.61 Å². The molecule has 1 aliphatic rings. The molecule has 0 radical (unpaired) electrons. The molecular weight excluding hydrogens is 312 g/mol. The highest BCUT2D eigenvalue weighted by Crippen LogP contribution is 2.18. The van der Waals surface area contributed by atoms with Gasteiger partial charge in [-0.1, -0.05) is 22.0 Å². The van der Waals surface area contributed by atoms with Crippen molar-refractivity contribution < 1.29 is 14.3 Å². The van der Waals surface area contributed by atoms with E-state index in [1.54, 1.807) is 23.1 Å². The van der Waals surface area contributed by atoms with Gasteiger partial charge in [0.05, 0.1) is 11.6 Å². The molecule has 0 spiro atoms. The van der Waals surface area contributed by atoms with Crippen molar-refractivity contribution in [2.75, 3.05) is 13.2 Å². The number of benzene rings is 1. The summed E-state index contributed by atoms with van der Waals surface area (Å²) < 4.78 is 6.06. The molecule has 2 N–H and O–H groups in total. The molecule has 1 aromatic rings. The quantitative estimate of drug-likeness (QED) is 0.865. The molecule has 0 unspecified atom stereocenters. The predicted molar refractivity (Wildman–Crippen MR) is 73.7 cm³/mol. The average Bonchev–Trinajstić information content (AvgIpc) is 2.84. The summed E-state index contributed by atoms with van der Waals surface area (Å²) in [5, 5.41) is 0. The van der Waals surface area contributed by atoms with Crippen LogP contribution in [0.4, 0.5) is 4.79 Å². The molecule has 6 heteroatoms. The molecule has 1 heterocycles. The Labute approximate surface area is 119 Å². The summed E-state index contributed by atoms with van der Waals surface area (Å²) in [4.78, 5) is 24.6. The number of primary amides is 1. The summed E-state index contributed by atoms with van der Waals surface area (Å²) in [6, 6.07) is 6.43. The zero-order valence-corrected chi connectivity index (χ0v) is 11.9.